The monoisotopic (exact) mass is 263 g/mol. The van der Waals surface area contributed by atoms with Crippen molar-refractivity contribution in [3.8, 4) is 0 Å². The van der Waals surface area contributed by atoms with Gasteiger partial charge in [0.15, 0.2) is 0 Å². The van der Waals surface area contributed by atoms with Crippen LogP contribution in [0.25, 0.3) is 0 Å². The minimum Gasteiger partial charge on any atom is -0.397 e. The molecule has 0 amide bonds. The molecule has 1 saturated carbocycles. The smallest absolute Gasteiger partial charge is 0.271 e. The number of nitrogens with zero attached hydrogens (tertiary/aromatic N) is 1. The van der Waals surface area contributed by atoms with E-state index in [0.29, 0.717) is 17.6 Å². The Bertz CT molecular complexity index is 476. The quantitative estimate of drug-likeness (QED) is 0.497. The van der Waals surface area contributed by atoms with Crippen LogP contribution in [0, 0.1) is 22.0 Å². The van der Waals surface area contributed by atoms with Crippen molar-refractivity contribution in [3.63, 3.8) is 0 Å². The van der Waals surface area contributed by atoms with Gasteiger partial charge in [-0.2, -0.15) is 0 Å². The molecular weight excluding hydrogens is 242 g/mol. The molecule has 1 aromatic rings. The van der Waals surface area contributed by atoms with Crippen molar-refractivity contribution < 1.29 is 4.92 Å². The Morgan fingerprint density at radius 2 is 2.11 bits per heavy atom. The van der Waals surface area contributed by atoms with E-state index in [2.05, 4.69) is 19.2 Å². The highest BCUT2D eigenvalue weighted by Gasteiger charge is 2.25. The molecule has 1 aliphatic rings. The van der Waals surface area contributed by atoms with Crippen LogP contribution >= 0.6 is 0 Å². The summed E-state index contributed by atoms with van der Waals surface area (Å²) in [5.74, 6) is 1.38. The fraction of sp³-hybridized carbons (Fsp3) is 0.571. The molecule has 5 nitrogen and oxygen atoms in total. The molecular formula is C14H21N3O2. The summed E-state index contributed by atoms with van der Waals surface area (Å²) < 4.78 is 0. The van der Waals surface area contributed by atoms with Gasteiger partial charge in [-0.05, 0) is 37.2 Å². The number of hydrogen-bond acceptors (Lipinski definition) is 4. The van der Waals surface area contributed by atoms with Crippen LogP contribution < -0.4 is 11.1 Å². The normalized spacial score (nSPS) is 26.9. The summed E-state index contributed by atoms with van der Waals surface area (Å²) in [6.45, 7) is 4.53. The van der Waals surface area contributed by atoms with Gasteiger partial charge in [0.2, 0.25) is 0 Å². The van der Waals surface area contributed by atoms with Crippen LogP contribution in [0.3, 0.4) is 0 Å². The van der Waals surface area contributed by atoms with E-state index >= 15 is 0 Å². The van der Waals surface area contributed by atoms with E-state index < -0.39 is 4.92 Å². The van der Waals surface area contributed by atoms with Crippen molar-refractivity contribution in [2.24, 2.45) is 11.8 Å². The highest BCUT2D eigenvalue weighted by molar-refractivity contribution is 5.69. The van der Waals surface area contributed by atoms with Gasteiger partial charge in [-0.15, -0.1) is 0 Å². The van der Waals surface area contributed by atoms with Gasteiger partial charge in [0.1, 0.15) is 0 Å². The highest BCUT2D eigenvalue weighted by Crippen LogP contribution is 2.32. The predicted octanol–water partition coefficient (Wildman–Crippen LogP) is 3.41. The van der Waals surface area contributed by atoms with Gasteiger partial charge < -0.3 is 11.1 Å². The molecule has 2 rings (SSSR count). The molecule has 3 atom stereocenters. The topological polar surface area (TPSA) is 81.2 Å². The summed E-state index contributed by atoms with van der Waals surface area (Å²) in [5.41, 5.74) is 7.16. The minimum absolute atomic E-state index is 0.0355. The van der Waals surface area contributed by atoms with E-state index in [1.165, 1.54) is 25.0 Å². The molecule has 0 radical (unpaired) electrons. The lowest BCUT2D eigenvalue weighted by Crippen LogP contribution is -2.33. The van der Waals surface area contributed by atoms with Crippen molar-refractivity contribution in [1.29, 1.82) is 0 Å². The van der Waals surface area contributed by atoms with Crippen molar-refractivity contribution in [3.05, 3.63) is 28.3 Å². The zero-order valence-electron chi connectivity index (χ0n) is 11.4. The largest absolute Gasteiger partial charge is 0.397 e. The molecule has 0 heterocycles. The zero-order chi connectivity index (χ0) is 14.0. The molecule has 1 fully saturated rings. The van der Waals surface area contributed by atoms with Crippen molar-refractivity contribution in [1.82, 2.24) is 0 Å². The number of nitrogens with one attached hydrogen (secondary N) is 1. The van der Waals surface area contributed by atoms with Crippen LogP contribution in [0.1, 0.15) is 33.1 Å². The van der Waals surface area contributed by atoms with Crippen LogP contribution in [-0.4, -0.2) is 11.0 Å². The van der Waals surface area contributed by atoms with Crippen molar-refractivity contribution in [2.45, 2.75) is 39.2 Å². The van der Waals surface area contributed by atoms with Gasteiger partial charge in [-0.3, -0.25) is 10.1 Å². The molecule has 0 saturated heterocycles. The number of anilines is 2. The lowest BCUT2D eigenvalue weighted by Gasteiger charge is -2.34. The number of benzene rings is 1. The third-order valence-corrected chi connectivity index (χ3v) is 4.02. The molecule has 0 bridgehead atoms. The second kappa shape index (κ2) is 5.47. The number of non-ortho nitro benzene ring substituents is 1. The minimum atomic E-state index is -0.426. The van der Waals surface area contributed by atoms with Gasteiger partial charge in [-0.1, -0.05) is 13.8 Å². The first-order chi connectivity index (χ1) is 8.97. The maximum absolute atomic E-state index is 10.7. The fourth-order valence-corrected chi connectivity index (χ4v) is 2.87. The zero-order valence-corrected chi connectivity index (χ0v) is 11.4. The maximum atomic E-state index is 10.7. The average molecular weight is 263 g/mol. The number of hydrogen-bond donors (Lipinski definition) is 2. The molecule has 3 N–H and O–H groups in total. The summed E-state index contributed by atoms with van der Waals surface area (Å²) in [6.07, 6.45) is 3.55. The second-order valence-corrected chi connectivity index (χ2v) is 5.68. The summed E-state index contributed by atoms with van der Waals surface area (Å²) in [5, 5.41) is 14.1. The lowest BCUT2D eigenvalue weighted by molar-refractivity contribution is -0.384. The lowest BCUT2D eigenvalue weighted by atomic mass is 9.80. The van der Waals surface area contributed by atoms with E-state index in [4.69, 9.17) is 5.73 Å². The van der Waals surface area contributed by atoms with Gasteiger partial charge in [0.25, 0.3) is 5.69 Å². The van der Waals surface area contributed by atoms with E-state index in [0.717, 1.165) is 18.0 Å². The Balaban J connectivity index is 2.09. The van der Waals surface area contributed by atoms with Gasteiger partial charge in [0.05, 0.1) is 16.3 Å². The second-order valence-electron chi connectivity index (χ2n) is 5.68. The van der Waals surface area contributed by atoms with E-state index in [9.17, 15) is 10.1 Å². The van der Waals surface area contributed by atoms with Crippen molar-refractivity contribution >= 4 is 17.1 Å². The molecule has 3 unspecified atom stereocenters. The number of rotatable bonds is 3. The molecule has 104 valence electrons. The molecule has 1 aromatic carbocycles. The predicted molar refractivity (Wildman–Crippen MR) is 77.1 cm³/mol. The maximum Gasteiger partial charge on any atom is 0.271 e. The van der Waals surface area contributed by atoms with Crippen LogP contribution in [0.2, 0.25) is 0 Å². The van der Waals surface area contributed by atoms with Crippen LogP contribution in [-0.2, 0) is 0 Å². The molecule has 0 spiro atoms. The third-order valence-electron chi connectivity index (χ3n) is 4.02. The first-order valence-electron chi connectivity index (χ1n) is 6.78. The number of nitro benzene ring substituents is 1. The van der Waals surface area contributed by atoms with E-state index in [1.54, 1.807) is 6.07 Å². The Hall–Kier alpha value is -1.78. The summed E-state index contributed by atoms with van der Waals surface area (Å²) in [6, 6.07) is 5.02. The molecule has 0 aliphatic heterocycles. The number of nitro groups is 1. The van der Waals surface area contributed by atoms with Gasteiger partial charge in [-0.25, -0.2) is 0 Å². The van der Waals surface area contributed by atoms with Crippen LogP contribution in [0.4, 0.5) is 17.1 Å². The van der Waals surface area contributed by atoms with E-state index in [-0.39, 0.29) is 5.69 Å². The molecule has 5 heteroatoms. The Morgan fingerprint density at radius 3 is 2.68 bits per heavy atom. The first kappa shape index (κ1) is 13.6. The summed E-state index contributed by atoms with van der Waals surface area (Å²) >= 11 is 0. The van der Waals surface area contributed by atoms with Gasteiger partial charge >= 0.3 is 0 Å². The Morgan fingerprint density at radius 1 is 1.37 bits per heavy atom. The van der Waals surface area contributed by atoms with Crippen molar-refractivity contribution in [2.75, 3.05) is 11.1 Å². The van der Waals surface area contributed by atoms with Crippen LogP contribution in [0.15, 0.2) is 18.2 Å². The third kappa shape index (κ3) is 3.16. The van der Waals surface area contributed by atoms with E-state index in [1.807, 2.05) is 0 Å². The summed E-state index contributed by atoms with van der Waals surface area (Å²) in [7, 11) is 0. The standard InChI is InChI=1S/C14H21N3O2/c1-9-3-5-13(10(2)7-9)16-14-6-4-11(17(18)19)8-12(14)15/h4,6,8-10,13,16H,3,5,7,15H2,1-2H3. The Kier molecular flexibility index (Phi) is 3.93. The highest BCUT2D eigenvalue weighted by atomic mass is 16.6. The molecule has 19 heavy (non-hydrogen) atoms. The number of nitrogens with two attached hydrogens (primary N) is 1. The van der Waals surface area contributed by atoms with Crippen LogP contribution in [0.5, 0.6) is 0 Å². The summed E-state index contributed by atoms with van der Waals surface area (Å²) in [4.78, 5) is 10.2. The number of nitrogen functional groups attached to an aromatic ring is 1. The fourth-order valence-electron chi connectivity index (χ4n) is 2.87. The Labute approximate surface area is 113 Å². The van der Waals surface area contributed by atoms with Gasteiger partial charge in [0, 0.05) is 18.2 Å². The first-order valence-corrected chi connectivity index (χ1v) is 6.78. The average Bonchev–Trinajstić information content (AvgIpc) is 2.34. The molecule has 0 aromatic heterocycles. The molecule has 1 aliphatic carbocycles. The SMILES string of the molecule is CC1CCC(Nc2ccc([N+](=O)[O-])cc2N)C(C)C1.